The van der Waals surface area contributed by atoms with Crippen LogP contribution >= 0.6 is 0 Å². The van der Waals surface area contributed by atoms with E-state index in [4.69, 9.17) is 4.84 Å². The molecule has 1 N–H and O–H groups in total. The van der Waals surface area contributed by atoms with Crippen LogP contribution < -0.4 is 0 Å². The first kappa shape index (κ1) is 12.0. The molecule has 1 fully saturated rings. The van der Waals surface area contributed by atoms with E-state index in [1.807, 2.05) is 24.3 Å². The Bertz CT molecular complexity index is 618. The summed E-state index contributed by atoms with van der Waals surface area (Å²) in [6.07, 6.45) is 1.90. The summed E-state index contributed by atoms with van der Waals surface area (Å²) in [5.74, 6) is -0.250. The van der Waals surface area contributed by atoms with E-state index in [-0.39, 0.29) is 11.7 Å². The van der Waals surface area contributed by atoms with Crippen LogP contribution in [0.4, 0.5) is 0 Å². The molecule has 98 valence electrons. The summed E-state index contributed by atoms with van der Waals surface area (Å²) >= 11 is 0. The van der Waals surface area contributed by atoms with Crippen molar-refractivity contribution >= 4 is 16.7 Å². The van der Waals surface area contributed by atoms with Gasteiger partial charge in [0.05, 0.1) is 12.2 Å². The molecule has 1 saturated heterocycles. The van der Waals surface area contributed by atoms with Crippen molar-refractivity contribution in [2.24, 2.45) is 0 Å². The average molecular weight is 257 g/mol. The molecule has 4 nitrogen and oxygen atoms in total. The molecule has 1 amide bonds. The minimum Gasteiger partial charge on any atom is -0.506 e. The van der Waals surface area contributed by atoms with Gasteiger partial charge in [-0.15, -0.1) is 0 Å². The van der Waals surface area contributed by atoms with E-state index in [2.05, 4.69) is 0 Å². The SMILES string of the molecule is O=C(c1ccc2ccccc2c1O)N1CCCCO1. The molecule has 1 aliphatic heterocycles. The van der Waals surface area contributed by atoms with Crippen molar-refractivity contribution in [1.29, 1.82) is 0 Å². The number of fused-ring (bicyclic) bond motifs is 1. The second-order valence-electron chi connectivity index (χ2n) is 4.63. The van der Waals surface area contributed by atoms with Crippen molar-refractivity contribution in [1.82, 2.24) is 5.06 Å². The van der Waals surface area contributed by atoms with Crippen molar-refractivity contribution in [2.75, 3.05) is 13.2 Å². The Hall–Kier alpha value is -2.07. The first-order valence-electron chi connectivity index (χ1n) is 6.43. The number of hydrogen-bond acceptors (Lipinski definition) is 3. The molecule has 1 aliphatic rings. The van der Waals surface area contributed by atoms with Crippen LogP contribution in [0.3, 0.4) is 0 Å². The number of carbonyl (C=O) groups is 1. The number of phenols is 1. The van der Waals surface area contributed by atoms with Gasteiger partial charge >= 0.3 is 0 Å². The summed E-state index contributed by atoms with van der Waals surface area (Å²) < 4.78 is 0. The number of benzene rings is 2. The molecule has 0 spiro atoms. The Morgan fingerprint density at radius 1 is 1.16 bits per heavy atom. The van der Waals surface area contributed by atoms with Crippen molar-refractivity contribution in [3.05, 3.63) is 42.0 Å². The van der Waals surface area contributed by atoms with Crippen LogP contribution in [0.5, 0.6) is 5.75 Å². The molecule has 2 aromatic carbocycles. The lowest BCUT2D eigenvalue weighted by Crippen LogP contribution is -2.35. The van der Waals surface area contributed by atoms with E-state index < -0.39 is 0 Å². The zero-order valence-electron chi connectivity index (χ0n) is 10.5. The van der Waals surface area contributed by atoms with Crippen LogP contribution in [0.2, 0.25) is 0 Å². The molecule has 19 heavy (non-hydrogen) atoms. The molecule has 0 aromatic heterocycles. The summed E-state index contributed by atoms with van der Waals surface area (Å²) in [5.41, 5.74) is 0.292. The van der Waals surface area contributed by atoms with Crippen molar-refractivity contribution in [3.63, 3.8) is 0 Å². The maximum absolute atomic E-state index is 12.3. The van der Waals surface area contributed by atoms with Gasteiger partial charge in [0.15, 0.2) is 0 Å². The first-order chi connectivity index (χ1) is 9.27. The fourth-order valence-corrected chi connectivity index (χ4v) is 2.32. The van der Waals surface area contributed by atoms with Crippen LogP contribution in [0.1, 0.15) is 23.2 Å². The quantitative estimate of drug-likeness (QED) is 0.854. The van der Waals surface area contributed by atoms with Gasteiger partial charge in [-0.05, 0) is 24.3 Å². The standard InChI is InChI=1S/C15H15NO3/c17-14-12-6-2-1-5-11(12)7-8-13(14)15(18)16-9-3-4-10-19-16/h1-2,5-8,17H,3-4,9-10H2. The maximum atomic E-state index is 12.3. The van der Waals surface area contributed by atoms with Gasteiger partial charge in [-0.2, -0.15) is 0 Å². The molecule has 2 aromatic rings. The molecule has 0 atom stereocenters. The first-order valence-corrected chi connectivity index (χ1v) is 6.43. The molecule has 0 aliphatic carbocycles. The van der Waals surface area contributed by atoms with Gasteiger partial charge in [0.2, 0.25) is 0 Å². The molecule has 0 bridgehead atoms. The Morgan fingerprint density at radius 2 is 2.00 bits per heavy atom. The largest absolute Gasteiger partial charge is 0.506 e. The third-order valence-electron chi connectivity index (χ3n) is 3.36. The van der Waals surface area contributed by atoms with Crippen molar-refractivity contribution in [2.45, 2.75) is 12.8 Å². The normalized spacial score (nSPS) is 15.7. The number of aromatic hydroxyl groups is 1. The summed E-state index contributed by atoms with van der Waals surface area (Å²) in [4.78, 5) is 17.6. The zero-order chi connectivity index (χ0) is 13.2. The van der Waals surface area contributed by atoms with Gasteiger partial charge in [0, 0.05) is 11.9 Å². The molecule has 3 rings (SSSR count). The predicted octanol–water partition coefficient (Wildman–Crippen LogP) is 2.71. The van der Waals surface area contributed by atoms with Crippen LogP contribution in [0, 0.1) is 0 Å². The number of carbonyl (C=O) groups excluding carboxylic acids is 1. The third-order valence-corrected chi connectivity index (χ3v) is 3.36. The lowest BCUT2D eigenvalue weighted by atomic mass is 10.0. The smallest absolute Gasteiger partial charge is 0.281 e. The number of nitrogens with zero attached hydrogens (tertiary/aromatic N) is 1. The highest BCUT2D eigenvalue weighted by Gasteiger charge is 2.22. The molecule has 0 saturated carbocycles. The van der Waals surface area contributed by atoms with E-state index >= 15 is 0 Å². The molecule has 0 unspecified atom stereocenters. The molecular weight excluding hydrogens is 242 g/mol. The van der Waals surface area contributed by atoms with Gasteiger partial charge in [0.25, 0.3) is 5.91 Å². The van der Waals surface area contributed by atoms with Crippen LogP contribution in [0.25, 0.3) is 10.8 Å². The maximum Gasteiger partial charge on any atom is 0.281 e. The van der Waals surface area contributed by atoms with Crippen molar-refractivity contribution in [3.8, 4) is 5.75 Å². The van der Waals surface area contributed by atoms with Gasteiger partial charge in [-0.25, -0.2) is 5.06 Å². The Kier molecular flexibility index (Phi) is 3.09. The highest BCUT2D eigenvalue weighted by atomic mass is 16.7. The second kappa shape index (κ2) is 4.90. The van der Waals surface area contributed by atoms with Gasteiger partial charge in [-0.3, -0.25) is 9.63 Å². The zero-order valence-corrected chi connectivity index (χ0v) is 10.5. The Morgan fingerprint density at radius 3 is 2.79 bits per heavy atom. The topological polar surface area (TPSA) is 49.8 Å². The third kappa shape index (κ3) is 2.15. The minimum atomic E-state index is -0.275. The summed E-state index contributed by atoms with van der Waals surface area (Å²) in [5, 5.41) is 13.2. The minimum absolute atomic E-state index is 0.0253. The van der Waals surface area contributed by atoms with Gasteiger partial charge in [-0.1, -0.05) is 30.3 Å². The monoisotopic (exact) mass is 257 g/mol. The molecular formula is C15H15NO3. The van der Waals surface area contributed by atoms with Crippen molar-refractivity contribution < 1.29 is 14.7 Å². The Labute approximate surface area is 111 Å². The van der Waals surface area contributed by atoms with E-state index in [9.17, 15) is 9.90 Å². The van der Waals surface area contributed by atoms with Gasteiger partial charge < -0.3 is 5.11 Å². The number of rotatable bonds is 1. The van der Waals surface area contributed by atoms with Gasteiger partial charge in [0.1, 0.15) is 5.75 Å². The highest BCUT2D eigenvalue weighted by molar-refractivity contribution is 6.03. The van der Waals surface area contributed by atoms with Crippen LogP contribution in [0.15, 0.2) is 36.4 Å². The highest BCUT2D eigenvalue weighted by Crippen LogP contribution is 2.29. The van der Waals surface area contributed by atoms with Crippen LogP contribution in [-0.4, -0.2) is 29.2 Å². The molecule has 0 radical (unpaired) electrons. The number of phenolic OH excluding ortho intramolecular Hbond substituents is 1. The van der Waals surface area contributed by atoms with Crippen LogP contribution in [-0.2, 0) is 4.84 Å². The van der Waals surface area contributed by atoms with E-state index in [0.29, 0.717) is 24.1 Å². The molecule has 1 heterocycles. The summed E-state index contributed by atoms with van der Waals surface area (Å²) in [7, 11) is 0. The number of amides is 1. The summed E-state index contributed by atoms with van der Waals surface area (Å²) in [6, 6.07) is 10.9. The summed E-state index contributed by atoms with van der Waals surface area (Å²) in [6.45, 7) is 1.13. The lowest BCUT2D eigenvalue weighted by molar-refractivity contribution is -0.144. The predicted molar refractivity (Wildman–Crippen MR) is 71.8 cm³/mol. The fourth-order valence-electron chi connectivity index (χ4n) is 2.32. The van der Waals surface area contributed by atoms with E-state index in [1.165, 1.54) is 5.06 Å². The average Bonchev–Trinajstić information content (AvgIpc) is 2.48. The lowest BCUT2D eigenvalue weighted by Gasteiger charge is -2.26. The second-order valence-corrected chi connectivity index (χ2v) is 4.63. The van der Waals surface area contributed by atoms with E-state index in [1.54, 1.807) is 12.1 Å². The fraction of sp³-hybridized carbons (Fsp3) is 0.267. The Balaban J connectivity index is 2.00. The van der Waals surface area contributed by atoms with E-state index in [0.717, 1.165) is 18.2 Å². The number of hydroxylamine groups is 2. The molecule has 4 heteroatoms. The number of hydrogen-bond donors (Lipinski definition) is 1.